The van der Waals surface area contributed by atoms with Crippen molar-refractivity contribution >= 4 is 0 Å². The van der Waals surface area contributed by atoms with E-state index in [1.165, 1.54) is 6.42 Å². The molecule has 0 aromatic rings. The summed E-state index contributed by atoms with van der Waals surface area (Å²) in [7, 11) is 0. The predicted octanol–water partition coefficient (Wildman–Crippen LogP) is 0.260. The van der Waals surface area contributed by atoms with Crippen molar-refractivity contribution in [3.63, 3.8) is 0 Å². The summed E-state index contributed by atoms with van der Waals surface area (Å²) in [4.78, 5) is 0. The maximum Gasteiger partial charge on any atom is 0.0693 e. The summed E-state index contributed by atoms with van der Waals surface area (Å²) in [5.74, 6) is 0. The second-order valence-electron chi connectivity index (χ2n) is 3.72. The van der Waals surface area contributed by atoms with E-state index in [4.69, 9.17) is 5.11 Å². The highest BCUT2D eigenvalue weighted by Crippen LogP contribution is 2.17. The van der Waals surface area contributed by atoms with Gasteiger partial charge in [0.15, 0.2) is 0 Å². The van der Waals surface area contributed by atoms with Gasteiger partial charge in [-0.3, -0.25) is 0 Å². The highest BCUT2D eigenvalue weighted by molar-refractivity contribution is 4.80. The topological polar surface area (TPSA) is 52.5 Å². The highest BCUT2D eigenvalue weighted by atomic mass is 16.3. The first-order chi connectivity index (χ1) is 5.70. The fourth-order valence-electron chi connectivity index (χ4n) is 1.67. The van der Waals surface area contributed by atoms with Crippen molar-refractivity contribution in [3.05, 3.63) is 0 Å². The van der Waals surface area contributed by atoms with Crippen LogP contribution in [0.5, 0.6) is 0 Å². The van der Waals surface area contributed by atoms with E-state index >= 15 is 0 Å². The number of aliphatic hydroxyl groups excluding tert-OH is 2. The summed E-state index contributed by atoms with van der Waals surface area (Å²) in [5, 5.41) is 21.7. The Bertz CT molecular complexity index is 128. The summed E-state index contributed by atoms with van der Waals surface area (Å²) in [6, 6.07) is 0.202. The molecule has 0 spiro atoms. The average molecular weight is 173 g/mol. The van der Waals surface area contributed by atoms with E-state index in [-0.39, 0.29) is 18.2 Å². The van der Waals surface area contributed by atoms with Crippen LogP contribution in [0.2, 0.25) is 0 Å². The van der Waals surface area contributed by atoms with E-state index in [0.717, 1.165) is 19.3 Å². The molecule has 1 aliphatic carbocycles. The molecule has 3 nitrogen and oxygen atoms in total. The van der Waals surface area contributed by atoms with E-state index in [1.54, 1.807) is 6.92 Å². The van der Waals surface area contributed by atoms with Crippen LogP contribution in [-0.4, -0.2) is 35.0 Å². The zero-order valence-electron chi connectivity index (χ0n) is 7.66. The van der Waals surface area contributed by atoms with Crippen LogP contribution in [0.3, 0.4) is 0 Å². The van der Waals surface area contributed by atoms with Gasteiger partial charge in [0.25, 0.3) is 0 Å². The van der Waals surface area contributed by atoms with Crippen LogP contribution < -0.4 is 5.32 Å². The molecular formula is C9H19NO2. The molecule has 1 aliphatic rings. The molecule has 3 heteroatoms. The minimum absolute atomic E-state index is 0.202. The zero-order valence-corrected chi connectivity index (χ0v) is 7.66. The van der Waals surface area contributed by atoms with Gasteiger partial charge in [0.1, 0.15) is 0 Å². The molecule has 0 heterocycles. The maximum absolute atomic E-state index is 9.54. The van der Waals surface area contributed by atoms with Gasteiger partial charge >= 0.3 is 0 Å². The van der Waals surface area contributed by atoms with Crippen LogP contribution in [0.15, 0.2) is 0 Å². The van der Waals surface area contributed by atoms with Gasteiger partial charge in [-0.2, -0.15) is 0 Å². The van der Waals surface area contributed by atoms with E-state index in [0.29, 0.717) is 6.54 Å². The normalized spacial score (nSPS) is 33.2. The Balaban J connectivity index is 2.20. The first-order valence-corrected chi connectivity index (χ1v) is 4.79. The number of hydrogen-bond acceptors (Lipinski definition) is 3. The minimum Gasteiger partial charge on any atom is -0.392 e. The van der Waals surface area contributed by atoms with Crippen LogP contribution in [0.25, 0.3) is 0 Å². The fourth-order valence-corrected chi connectivity index (χ4v) is 1.67. The Hall–Kier alpha value is -0.120. The number of rotatable bonds is 3. The van der Waals surface area contributed by atoms with Gasteiger partial charge < -0.3 is 15.5 Å². The zero-order chi connectivity index (χ0) is 8.97. The molecular weight excluding hydrogens is 154 g/mol. The maximum atomic E-state index is 9.54. The van der Waals surface area contributed by atoms with E-state index in [2.05, 4.69) is 5.32 Å². The molecule has 1 saturated carbocycles. The Labute approximate surface area is 73.8 Å². The SMILES string of the molecule is CC(O)CN[C@@H]1CCCC[C@H]1O. The third-order valence-electron chi connectivity index (χ3n) is 2.40. The molecule has 0 aromatic carbocycles. The van der Waals surface area contributed by atoms with Crippen molar-refractivity contribution in [1.29, 1.82) is 0 Å². The Kier molecular flexibility index (Phi) is 3.98. The summed E-state index contributed by atoms with van der Waals surface area (Å²) in [6.45, 7) is 2.34. The molecule has 1 rings (SSSR count). The number of hydrogen-bond donors (Lipinski definition) is 3. The van der Waals surface area contributed by atoms with Gasteiger partial charge in [0, 0.05) is 12.6 Å². The molecule has 3 atom stereocenters. The first kappa shape index (κ1) is 9.96. The first-order valence-electron chi connectivity index (χ1n) is 4.79. The molecule has 1 unspecified atom stereocenters. The lowest BCUT2D eigenvalue weighted by Crippen LogP contribution is -2.44. The lowest BCUT2D eigenvalue weighted by molar-refractivity contribution is 0.0821. The lowest BCUT2D eigenvalue weighted by atomic mass is 9.92. The molecule has 72 valence electrons. The lowest BCUT2D eigenvalue weighted by Gasteiger charge is -2.28. The van der Waals surface area contributed by atoms with Gasteiger partial charge in [-0.1, -0.05) is 12.8 Å². The quantitative estimate of drug-likeness (QED) is 0.574. The molecule has 0 bridgehead atoms. The van der Waals surface area contributed by atoms with Gasteiger partial charge in [-0.05, 0) is 19.8 Å². The Morgan fingerprint density at radius 2 is 2.08 bits per heavy atom. The third kappa shape index (κ3) is 3.09. The molecule has 0 amide bonds. The van der Waals surface area contributed by atoms with Crippen molar-refractivity contribution in [3.8, 4) is 0 Å². The summed E-state index contributed by atoms with van der Waals surface area (Å²) in [6.07, 6.45) is 3.73. The summed E-state index contributed by atoms with van der Waals surface area (Å²) in [5.41, 5.74) is 0. The summed E-state index contributed by atoms with van der Waals surface area (Å²) < 4.78 is 0. The standard InChI is InChI=1S/C9H19NO2/c1-7(11)6-10-8-4-2-3-5-9(8)12/h7-12H,2-6H2,1H3/t7?,8-,9-/m1/s1. The van der Waals surface area contributed by atoms with Gasteiger partial charge in [-0.25, -0.2) is 0 Å². The molecule has 0 radical (unpaired) electrons. The molecule has 0 aliphatic heterocycles. The Morgan fingerprint density at radius 1 is 1.42 bits per heavy atom. The van der Waals surface area contributed by atoms with Crippen molar-refractivity contribution in [2.75, 3.05) is 6.54 Å². The Morgan fingerprint density at radius 3 is 2.67 bits per heavy atom. The van der Waals surface area contributed by atoms with E-state index in [1.807, 2.05) is 0 Å². The highest BCUT2D eigenvalue weighted by Gasteiger charge is 2.22. The van der Waals surface area contributed by atoms with Crippen LogP contribution in [0.1, 0.15) is 32.6 Å². The van der Waals surface area contributed by atoms with Crippen molar-refractivity contribution in [2.45, 2.75) is 50.9 Å². The van der Waals surface area contributed by atoms with Crippen LogP contribution in [0, 0.1) is 0 Å². The molecule has 12 heavy (non-hydrogen) atoms. The van der Waals surface area contributed by atoms with Gasteiger partial charge in [0.2, 0.25) is 0 Å². The number of nitrogens with one attached hydrogen (secondary N) is 1. The minimum atomic E-state index is -0.320. The second kappa shape index (κ2) is 4.80. The van der Waals surface area contributed by atoms with Crippen molar-refractivity contribution < 1.29 is 10.2 Å². The monoisotopic (exact) mass is 173 g/mol. The fraction of sp³-hybridized carbons (Fsp3) is 1.00. The van der Waals surface area contributed by atoms with E-state index in [9.17, 15) is 5.11 Å². The molecule has 3 N–H and O–H groups in total. The van der Waals surface area contributed by atoms with Gasteiger partial charge in [-0.15, -0.1) is 0 Å². The van der Waals surface area contributed by atoms with E-state index < -0.39 is 0 Å². The van der Waals surface area contributed by atoms with Crippen molar-refractivity contribution in [2.24, 2.45) is 0 Å². The smallest absolute Gasteiger partial charge is 0.0693 e. The molecule has 1 fully saturated rings. The van der Waals surface area contributed by atoms with Crippen LogP contribution in [0.4, 0.5) is 0 Å². The largest absolute Gasteiger partial charge is 0.392 e. The summed E-state index contributed by atoms with van der Waals surface area (Å²) >= 11 is 0. The molecule has 0 saturated heterocycles. The van der Waals surface area contributed by atoms with Crippen LogP contribution in [-0.2, 0) is 0 Å². The van der Waals surface area contributed by atoms with Crippen LogP contribution >= 0.6 is 0 Å². The molecule has 0 aromatic heterocycles. The third-order valence-corrected chi connectivity index (χ3v) is 2.40. The van der Waals surface area contributed by atoms with Crippen molar-refractivity contribution in [1.82, 2.24) is 5.32 Å². The average Bonchev–Trinajstić information content (AvgIpc) is 2.03. The predicted molar refractivity (Wildman–Crippen MR) is 47.9 cm³/mol. The second-order valence-corrected chi connectivity index (χ2v) is 3.72. The van der Waals surface area contributed by atoms with Gasteiger partial charge in [0.05, 0.1) is 12.2 Å². The number of aliphatic hydroxyl groups is 2.